The predicted molar refractivity (Wildman–Crippen MR) is 81.7 cm³/mol. The highest BCUT2D eigenvalue weighted by Gasteiger charge is 2.26. The Morgan fingerprint density at radius 2 is 2.32 bits per heavy atom. The molecule has 0 spiro atoms. The molecule has 8 nitrogen and oxygen atoms in total. The Hall–Kier alpha value is -2.42. The summed E-state index contributed by atoms with van der Waals surface area (Å²) in [6, 6.07) is 1.74. The summed E-state index contributed by atoms with van der Waals surface area (Å²) >= 11 is 1.53. The van der Waals surface area contributed by atoms with Crippen molar-refractivity contribution in [3.05, 3.63) is 29.0 Å². The van der Waals surface area contributed by atoms with Crippen molar-refractivity contribution >= 4 is 29.0 Å². The standard InChI is InChI=1S/C13H16N6O2S/c14-11(20)12-15-8-19(17-12)10-2-1-4-18(6-10)13(21)16-9-3-5-22-7-9/h3,5,7-8,10H,1-2,4,6H2,(H2,14,20)(H,16,21). The van der Waals surface area contributed by atoms with E-state index in [0.717, 1.165) is 18.5 Å². The van der Waals surface area contributed by atoms with Crippen molar-refractivity contribution in [2.24, 2.45) is 5.73 Å². The molecule has 1 aliphatic heterocycles. The number of nitrogens with one attached hydrogen (secondary N) is 1. The minimum absolute atomic E-state index is 0.000141. The first kappa shape index (κ1) is 14.5. The number of carbonyl (C=O) groups is 2. The van der Waals surface area contributed by atoms with Crippen LogP contribution in [0, 0.1) is 0 Å². The van der Waals surface area contributed by atoms with Gasteiger partial charge in [0.1, 0.15) is 6.33 Å². The van der Waals surface area contributed by atoms with Crippen LogP contribution >= 0.6 is 11.3 Å². The summed E-state index contributed by atoms with van der Waals surface area (Å²) in [5.74, 6) is -0.651. The molecule has 0 aliphatic carbocycles. The number of carbonyl (C=O) groups excluding carboxylic acids is 2. The number of hydrogen-bond donors (Lipinski definition) is 2. The third kappa shape index (κ3) is 3.08. The van der Waals surface area contributed by atoms with Gasteiger partial charge in [0.2, 0.25) is 5.82 Å². The zero-order valence-electron chi connectivity index (χ0n) is 11.8. The molecule has 0 saturated carbocycles. The fourth-order valence-corrected chi connectivity index (χ4v) is 3.04. The number of piperidine rings is 1. The second-order valence-electron chi connectivity index (χ2n) is 5.10. The van der Waals surface area contributed by atoms with Crippen LogP contribution in [0.25, 0.3) is 0 Å². The summed E-state index contributed by atoms with van der Waals surface area (Å²) in [5, 5.41) is 10.7. The van der Waals surface area contributed by atoms with Crippen molar-refractivity contribution in [2.45, 2.75) is 18.9 Å². The van der Waals surface area contributed by atoms with Crippen molar-refractivity contribution in [3.8, 4) is 0 Å². The number of primary amides is 1. The maximum atomic E-state index is 12.3. The fraction of sp³-hybridized carbons (Fsp3) is 0.385. The van der Waals surface area contributed by atoms with E-state index in [0.29, 0.717) is 13.1 Å². The van der Waals surface area contributed by atoms with Crippen molar-refractivity contribution < 1.29 is 9.59 Å². The molecule has 1 atom stereocenters. The van der Waals surface area contributed by atoms with Gasteiger partial charge in [-0.05, 0) is 24.3 Å². The topological polar surface area (TPSA) is 106 Å². The fourth-order valence-electron chi connectivity index (χ4n) is 2.46. The van der Waals surface area contributed by atoms with Crippen molar-refractivity contribution in [2.75, 3.05) is 18.4 Å². The summed E-state index contributed by atoms with van der Waals surface area (Å²) in [6.45, 7) is 1.22. The van der Waals surface area contributed by atoms with E-state index in [4.69, 9.17) is 5.73 Å². The van der Waals surface area contributed by atoms with Gasteiger partial charge in [-0.15, -0.1) is 5.10 Å². The second kappa shape index (κ2) is 6.14. The SMILES string of the molecule is NC(=O)c1ncn(C2CCCN(C(=O)Nc3ccsc3)C2)n1. The summed E-state index contributed by atoms with van der Waals surface area (Å²) < 4.78 is 1.62. The lowest BCUT2D eigenvalue weighted by Gasteiger charge is -2.32. The smallest absolute Gasteiger partial charge is 0.321 e. The number of nitrogens with zero attached hydrogens (tertiary/aromatic N) is 4. The lowest BCUT2D eigenvalue weighted by atomic mass is 10.1. The third-order valence-electron chi connectivity index (χ3n) is 3.56. The molecule has 0 aromatic carbocycles. The van der Waals surface area contributed by atoms with Crippen LogP contribution in [0.3, 0.4) is 0 Å². The molecule has 1 unspecified atom stereocenters. The minimum Gasteiger partial charge on any atom is -0.363 e. The van der Waals surface area contributed by atoms with Gasteiger partial charge in [-0.2, -0.15) is 11.3 Å². The molecule has 3 heterocycles. The van der Waals surface area contributed by atoms with Crippen LogP contribution in [0.15, 0.2) is 23.2 Å². The Balaban J connectivity index is 1.65. The van der Waals surface area contributed by atoms with Gasteiger partial charge >= 0.3 is 6.03 Å². The molecular formula is C13H16N6O2S. The monoisotopic (exact) mass is 320 g/mol. The number of rotatable bonds is 3. The van der Waals surface area contributed by atoms with Crippen LogP contribution in [0.4, 0.5) is 10.5 Å². The van der Waals surface area contributed by atoms with Crippen LogP contribution in [0.1, 0.15) is 29.5 Å². The lowest BCUT2D eigenvalue weighted by Crippen LogP contribution is -2.43. The molecule has 0 radical (unpaired) electrons. The number of urea groups is 1. The number of anilines is 1. The maximum Gasteiger partial charge on any atom is 0.321 e. The Labute approximate surface area is 130 Å². The van der Waals surface area contributed by atoms with E-state index in [1.165, 1.54) is 17.7 Å². The van der Waals surface area contributed by atoms with E-state index < -0.39 is 5.91 Å². The third-order valence-corrected chi connectivity index (χ3v) is 4.24. The first-order chi connectivity index (χ1) is 10.6. The molecule has 2 aromatic rings. The average molecular weight is 320 g/mol. The summed E-state index contributed by atoms with van der Waals surface area (Å²) in [6.07, 6.45) is 3.24. The van der Waals surface area contributed by atoms with Gasteiger partial charge in [0.05, 0.1) is 11.7 Å². The normalized spacial score (nSPS) is 18.2. The molecular weight excluding hydrogens is 304 g/mol. The molecule has 9 heteroatoms. The van der Waals surface area contributed by atoms with Gasteiger partial charge in [-0.3, -0.25) is 4.79 Å². The summed E-state index contributed by atoms with van der Waals surface area (Å²) in [7, 11) is 0. The van der Waals surface area contributed by atoms with Crippen LogP contribution in [-0.2, 0) is 0 Å². The van der Waals surface area contributed by atoms with Gasteiger partial charge in [0.15, 0.2) is 0 Å². The van der Waals surface area contributed by atoms with E-state index in [-0.39, 0.29) is 17.9 Å². The molecule has 116 valence electrons. The molecule has 22 heavy (non-hydrogen) atoms. The zero-order chi connectivity index (χ0) is 15.5. The average Bonchev–Trinajstić information content (AvgIpc) is 3.18. The Morgan fingerprint density at radius 3 is 3.00 bits per heavy atom. The van der Waals surface area contributed by atoms with E-state index in [1.807, 2.05) is 16.8 Å². The number of aromatic nitrogens is 3. The van der Waals surface area contributed by atoms with Gasteiger partial charge in [-0.25, -0.2) is 14.5 Å². The van der Waals surface area contributed by atoms with Crippen LogP contribution in [-0.4, -0.2) is 44.7 Å². The molecule has 2 aromatic heterocycles. The molecule has 3 N–H and O–H groups in total. The summed E-state index contributed by atoms with van der Waals surface area (Å²) in [5.41, 5.74) is 5.96. The van der Waals surface area contributed by atoms with Gasteiger partial charge in [-0.1, -0.05) is 0 Å². The molecule has 0 bridgehead atoms. The Bertz CT molecular complexity index is 668. The molecule has 3 rings (SSSR count). The quantitative estimate of drug-likeness (QED) is 0.889. The second-order valence-corrected chi connectivity index (χ2v) is 5.88. The zero-order valence-corrected chi connectivity index (χ0v) is 12.6. The predicted octanol–water partition coefficient (Wildman–Crippen LogP) is 1.31. The van der Waals surface area contributed by atoms with Crippen molar-refractivity contribution in [1.82, 2.24) is 19.7 Å². The number of hydrogen-bond acceptors (Lipinski definition) is 5. The maximum absolute atomic E-state index is 12.3. The highest BCUT2D eigenvalue weighted by Crippen LogP contribution is 2.22. The van der Waals surface area contributed by atoms with E-state index >= 15 is 0 Å². The van der Waals surface area contributed by atoms with Gasteiger partial charge in [0, 0.05) is 18.5 Å². The van der Waals surface area contributed by atoms with Crippen molar-refractivity contribution in [3.63, 3.8) is 0 Å². The molecule has 1 fully saturated rings. The van der Waals surface area contributed by atoms with Crippen LogP contribution < -0.4 is 11.1 Å². The summed E-state index contributed by atoms with van der Waals surface area (Å²) in [4.78, 5) is 28.9. The largest absolute Gasteiger partial charge is 0.363 e. The highest BCUT2D eigenvalue weighted by atomic mass is 32.1. The number of nitrogens with two attached hydrogens (primary N) is 1. The molecule has 1 aliphatic rings. The van der Waals surface area contributed by atoms with Crippen LogP contribution in [0.2, 0.25) is 0 Å². The molecule has 1 saturated heterocycles. The molecule has 3 amide bonds. The van der Waals surface area contributed by atoms with Gasteiger partial charge in [0.25, 0.3) is 5.91 Å². The first-order valence-corrected chi connectivity index (χ1v) is 7.87. The Morgan fingerprint density at radius 1 is 1.45 bits per heavy atom. The first-order valence-electron chi connectivity index (χ1n) is 6.92. The number of thiophene rings is 1. The van der Waals surface area contributed by atoms with Crippen molar-refractivity contribution in [1.29, 1.82) is 0 Å². The number of amides is 3. The van der Waals surface area contributed by atoms with E-state index in [1.54, 1.807) is 9.58 Å². The minimum atomic E-state index is -0.651. The van der Waals surface area contributed by atoms with E-state index in [9.17, 15) is 9.59 Å². The Kier molecular flexibility index (Phi) is 4.05. The van der Waals surface area contributed by atoms with Crippen LogP contribution in [0.5, 0.6) is 0 Å². The van der Waals surface area contributed by atoms with Gasteiger partial charge < -0.3 is 16.0 Å². The van der Waals surface area contributed by atoms with E-state index in [2.05, 4.69) is 15.4 Å². The number of likely N-dealkylation sites (tertiary alicyclic amines) is 1. The highest BCUT2D eigenvalue weighted by molar-refractivity contribution is 7.08. The lowest BCUT2D eigenvalue weighted by molar-refractivity contribution is 0.0989.